The van der Waals surface area contributed by atoms with Crippen molar-refractivity contribution in [2.45, 2.75) is 39.2 Å². The number of carbonyl (C=O) groups is 1. The molecule has 3 aromatic carbocycles. The lowest BCUT2D eigenvalue weighted by atomic mass is 9.94. The van der Waals surface area contributed by atoms with E-state index in [4.69, 9.17) is 16.5 Å². The molecular formula is C31H31N7O. The van der Waals surface area contributed by atoms with Gasteiger partial charge in [-0.3, -0.25) is 4.40 Å². The Kier molecular flexibility index (Phi) is 6.24. The molecular weight excluding hydrogens is 486 g/mol. The smallest absolute Gasteiger partial charge is 0.323 e. The summed E-state index contributed by atoms with van der Waals surface area (Å²) < 4.78 is 2.11. The van der Waals surface area contributed by atoms with E-state index in [0.717, 1.165) is 69.6 Å². The molecule has 2 amide bonds. The fourth-order valence-electron chi connectivity index (χ4n) is 5.44. The monoisotopic (exact) mass is 517 g/mol. The highest BCUT2D eigenvalue weighted by Crippen LogP contribution is 2.38. The van der Waals surface area contributed by atoms with E-state index in [0.29, 0.717) is 11.5 Å². The number of aryl methyl sites for hydroxylation is 2. The van der Waals surface area contributed by atoms with Crippen LogP contribution in [0.4, 0.5) is 22.0 Å². The van der Waals surface area contributed by atoms with Gasteiger partial charge in [-0.1, -0.05) is 48.5 Å². The van der Waals surface area contributed by atoms with E-state index in [1.807, 2.05) is 80.7 Å². The van der Waals surface area contributed by atoms with Gasteiger partial charge in [0.1, 0.15) is 22.9 Å². The second-order valence-electron chi connectivity index (χ2n) is 10.1. The summed E-state index contributed by atoms with van der Waals surface area (Å²) in [5.41, 5.74) is 19.8. The van der Waals surface area contributed by atoms with Crippen LogP contribution in [0, 0.1) is 13.8 Å². The van der Waals surface area contributed by atoms with Gasteiger partial charge >= 0.3 is 6.03 Å². The summed E-state index contributed by atoms with van der Waals surface area (Å²) >= 11 is 0. The second kappa shape index (κ2) is 9.89. The van der Waals surface area contributed by atoms with E-state index in [2.05, 4.69) is 26.1 Å². The van der Waals surface area contributed by atoms with Gasteiger partial charge in [0.05, 0.1) is 17.6 Å². The molecule has 1 atom stereocenters. The molecule has 5 aromatic rings. The minimum Gasteiger partial charge on any atom is -0.382 e. The van der Waals surface area contributed by atoms with Crippen molar-refractivity contribution in [2.75, 3.05) is 16.4 Å². The van der Waals surface area contributed by atoms with Crippen molar-refractivity contribution in [3.8, 4) is 11.3 Å². The van der Waals surface area contributed by atoms with Gasteiger partial charge < -0.3 is 22.1 Å². The van der Waals surface area contributed by atoms with E-state index in [1.165, 1.54) is 5.57 Å². The lowest BCUT2D eigenvalue weighted by molar-refractivity contribution is 0.262. The molecule has 1 aliphatic carbocycles. The van der Waals surface area contributed by atoms with Crippen LogP contribution in [0.1, 0.15) is 36.3 Å². The minimum atomic E-state index is -0.305. The number of urea groups is 1. The van der Waals surface area contributed by atoms with Crippen LogP contribution in [0.25, 0.3) is 33.1 Å². The number of nitrogens with two attached hydrogens (primary N) is 2. The van der Waals surface area contributed by atoms with Gasteiger partial charge in [-0.05, 0) is 67.8 Å². The highest BCUT2D eigenvalue weighted by Gasteiger charge is 2.22. The minimum absolute atomic E-state index is 0.197. The number of benzene rings is 3. The summed E-state index contributed by atoms with van der Waals surface area (Å²) in [6, 6.07) is 19.5. The predicted octanol–water partition coefficient (Wildman–Crippen LogP) is 6.29. The number of carbonyl (C=O) groups excluding carboxylic acids is 1. The lowest BCUT2D eigenvalue weighted by Crippen LogP contribution is -2.21. The van der Waals surface area contributed by atoms with Crippen molar-refractivity contribution in [3.63, 3.8) is 0 Å². The number of rotatable bonds is 4. The number of amides is 2. The average Bonchev–Trinajstić information content (AvgIpc) is 3.27. The molecule has 39 heavy (non-hydrogen) atoms. The first-order chi connectivity index (χ1) is 18.9. The molecule has 196 valence electrons. The normalized spacial score (nSPS) is 15.4. The Morgan fingerprint density at radius 1 is 1.03 bits per heavy atom. The van der Waals surface area contributed by atoms with Crippen molar-refractivity contribution in [1.82, 2.24) is 14.4 Å². The first-order valence-corrected chi connectivity index (χ1v) is 13.1. The van der Waals surface area contributed by atoms with Gasteiger partial charge in [0.15, 0.2) is 0 Å². The maximum Gasteiger partial charge on any atom is 0.323 e. The van der Waals surface area contributed by atoms with Crippen molar-refractivity contribution < 1.29 is 4.79 Å². The van der Waals surface area contributed by atoms with Gasteiger partial charge in [0.25, 0.3) is 0 Å². The van der Waals surface area contributed by atoms with E-state index in [-0.39, 0.29) is 12.1 Å². The zero-order valence-electron chi connectivity index (χ0n) is 22.0. The molecule has 8 heteroatoms. The Morgan fingerprint density at radius 3 is 2.62 bits per heavy atom. The van der Waals surface area contributed by atoms with Crippen molar-refractivity contribution >= 4 is 45.1 Å². The number of hydrogen-bond donors (Lipinski definition) is 4. The van der Waals surface area contributed by atoms with Crippen LogP contribution < -0.4 is 22.1 Å². The van der Waals surface area contributed by atoms with Crippen LogP contribution in [0.2, 0.25) is 0 Å². The van der Waals surface area contributed by atoms with Crippen LogP contribution in [0.15, 0.2) is 72.9 Å². The zero-order chi connectivity index (χ0) is 27.1. The number of imidazole rings is 1. The van der Waals surface area contributed by atoms with Gasteiger partial charge in [0.2, 0.25) is 0 Å². The van der Waals surface area contributed by atoms with Crippen LogP contribution in [-0.2, 0) is 0 Å². The highest BCUT2D eigenvalue weighted by molar-refractivity contribution is 6.11. The SMILES string of the molecule is Cc1cccc(NC(=O)Nc2ccc(-c3nc(C)n4c(C5=CCC(N)CC5)cnc(N)c34)c3ccccc23)c1. The summed E-state index contributed by atoms with van der Waals surface area (Å²) in [6.45, 7) is 3.98. The van der Waals surface area contributed by atoms with Crippen LogP contribution in [-0.4, -0.2) is 26.4 Å². The third-order valence-electron chi connectivity index (χ3n) is 7.34. The highest BCUT2D eigenvalue weighted by atomic mass is 16.2. The number of anilines is 3. The second-order valence-corrected chi connectivity index (χ2v) is 10.1. The number of hydrogen-bond acceptors (Lipinski definition) is 5. The maximum atomic E-state index is 12.8. The predicted molar refractivity (Wildman–Crippen MR) is 159 cm³/mol. The molecule has 0 fully saturated rings. The third kappa shape index (κ3) is 4.59. The summed E-state index contributed by atoms with van der Waals surface area (Å²) in [5, 5.41) is 7.78. The number of nitrogens with zero attached hydrogens (tertiary/aromatic N) is 3. The van der Waals surface area contributed by atoms with Crippen molar-refractivity contribution in [2.24, 2.45) is 5.73 Å². The Morgan fingerprint density at radius 2 is 1.85 bits per heavy atom. The molecule has 0 radical (unpaired) electrons. The molecule has 6 N–H and O–H groups in total. The summed E-state index contributed by atoms with van der Waals surface area (Å²) in [6.07, 6.45) is 6.72. The number of allylic oxidation sites excluding steroid dienone is 1. The van der Waals surface area contributed by atoms with E-state index in [1.54, 1.807) is 0 Å². The fourth-order valence-corrected chi connectivity index (χ4v) is 5.44. The van der Waals surface area contributed by atoms with E-state index >= 15 is 0 Å². The van der Waals surface area contributed by atoms with Crippen LogP contribution >= 0.6 is 0 Å². The third-order valence-corrected chi connectivity index (χ3v) is 7.34. The van der Waals surface area contributed by atoms with Gasteiger partial charge in [-0.25, -0.2) is 14.8 Å². The number of fused-ring (bicyclic) bond motifs is 2. The quantitative estimate of drug-likeness (QED) is 0.223. The molecule has 1 aliphatic rings. The molecule has 2 heterocycles. The Labute approximate surface area is 226 Å². The van der Waals surface area contributed by atoms with Crippen LogP contribution in [0.5, 0.6) is 0 Å². The Bertz CT molecular complexity index is 1770. The number of nitrogen functional groups attached to an aromatic ring is 1. The average molecular weight is 518 g/mol. The first kappa shape index (κ1) is 24.6. The molecule has 0 spiro atoms. The first-order valence-electron chi connectivity index (χ1n) is 13.1. The fraction of sp³-hybridized carbons (Fsp3) is 0.194. The van der Waals surface area contributed by atoms with Gasteiger partial charge in [0, 0.05) is 22.7 Å². The van der Waals surface area contributed by atoms with E-state index < -0.39 is 0 Å². The topological polar surface area (TPSA) is 123 Å². The molecule has 0 saturated heterocycles. The van der Waals surface area contributed by atoms with Gasteiger partial charge in [-0.15, -0.1) is 0 Å². The van der Waals surface area contributed by atoms with Crippen molar-refractivity contribution in [1.29, 1.82) is 0 Å². The standard InChI is InChI=1S/C31H31N7O/c1-18-6-5-7-22(16-18)36-31(39)37-26-15-14-25(23-8-3-4-9-24(23)26)28-29-30(33)34-17-27(38(29)19(2)35-28)20-10-12-21(32)13-11-20/h3-10,14-17,21H,11-13,32H2,1-2H3,(H2,33,34)(H2,36,37,39). The molecule has 6 rings (SSSR count). The molecule has 1 unspecified atom stereocenters. The van der Waals surface area contributed by atoms with E-state index in [9.17, 15) is 4.79 Å². The number of aromatic nitrogens is 3. The summed E-state index contributed by atoms with van der Waals surface area (Å²) in [5.74, 6) is 1.26. The summed E-state index contributed by atoms with van der Waals surface area (Å²) in [7, 11) is 0. The molecule has 0 saturated carbocycles. The number of nitrogens with one attached hydrogen (secondary N) is 2. The largest absolute Gasteiger partial charge is 0.382 e. The van der Waals surface area contributed by atoms with Crippen LogP contribution in [0.3, 0.4) is 0 Å². The Hall–Kier alpha value is -4.69. The molecule has 2 aromatic heterocycles. The zero-order valence-corrected chi connectivity index (χ0v) is 22.0. The maximum absolute atomic E-state index is 12.8. The molecule has 0 bridgehead atoms. The van der Waals surface area contributed by atoms with Gasteiger partial charge in [-0.2, -0.15) is 0 Å². The molecule has 8 nitrogen and oxygen atoms in total. The lowest BCUT2D eigenvalue weighted by Gasteiger charge is -2.20. The Balaban J connectivity index is 1.42. The summed E-state index contributed by atoms with van der Waals surface area (Å²) in [4.78, 5) is 22.4. The van der Waals surface area contributed by atoms with Crippen molar-refractivity contribution in [3.05, 3.63) is 90.0 Å². The molecule has 0 aliphatic heterocycles.